The fourth-order valence-corrected chi connectivity index (χ4v) is 2.57. The first-order valence-electron chi connectivity index (χ1n) is 4.98. The highest BCUT2D eigenvalue weighted by Gasteiger charge is 2.44. The Morgan fingerprint density at radius 2 is 1.85 bits per heavy atom. The van der Waals surface area contributed by atoms with Crippen molar-refractivity contribution in [1.82, 2.24) is 0 Å². The highest BCUT2D eigenvalue weighted by molar-refractivity contribution is 6.64. The second kappa shape index (κ2) is 3.27. The minimum Gasteiger partial charge on any atom is -0.281 e. The van der Waals surface area contributed by atoms with Gasteiger partial charge in [-0.05, 0) is 42.2 Å². The molecule has 1 nitrogen and oxygen atoms in total. The molecule has 0 bridgehead atoms. The fraction of sp³-hybridized carbons (Fsp3) is 0.909. The van der Waals surface area contributed by atoms with Crippen LogP contribution in [0.4, 0.5) is 0 Å². The summed E-state index contributed by atoms with van der Waals surface area (Å²) in [4.78, 5) is 11.3. The average Bonchev–Trinajstić information content (AvgIpc) is 1.96. The van der Waals surface area contributed by atoms with Crippen LogP contribution < -0.4 is 0 Å². The van der Waals surface area contributed by atoms with E-state index in [-0.39, 0.29) is 10.7 Å². The van der Waals surface area contributed by atoms with Crippen molar-refractivity contribution in [3.05, 3.63) is 0 Å². The molecule has 1 rings (SSSR count). The Bertz CT molecular complexity index is 222. The van der Waals surface area contributed by atoms with Crippen LogP contribution in [-0.4, -0.2) is 5.24 Å². The second-order valence-electron chi connectivity index (χ2n) is 5.46. The summed E-state index contributed by atoms with van der Waals surface area (Å²) in [5.74, 6) is 0.404. The lowest BCUT2D eigenvalue weighted by molar-refractivity contribution is -0.125. The summed E-state index contributed by atoms with van der Waals surface area (Å²) in [5.41, 5.74) is 0.0995. The Kier molecular flexibility index (Phi) is 2.78. The summed E-state index contributed by atoms with van der Waals surface area (Å²) >= 11 is 5.65. The quantitative estimate of drug-likeness (QED) is 0.594. The molecular formula is C11H19ClO. The molecule has 0 amide bonds. The van der Waals surface area contributed by atoms with Gasteiger partial charge in [0.2, 0.25) is 5.24 Å². The van der Waals surface area contributed by atoms with Crippen LogP contribution in [0.5, 0.6) is 0 Å². The van der Waals surface area contributed by atoms with Gasteiger partial charge in [-0.25, -0.2) is 0 Å². The van der Waals surface area contributed by atoms with Crippen molar-refractivity contribution in [3.63, 3.8) is 0 Å². The zero-order valence-corrected chi connectivity index (χ0v) is 9.74. The first-order valence-corrected chi connectivity index (χ1v) is 5.36. The van der Waals surface area contributed by atoms with Crippen LogP contribution in [-0.2, 0) is 4.79 Å². The number of hydrogen-bond donors (Lipinski definition) is 0. The van der Waals surface area contributed by atoms with Gasteiger partial charge in [-0.1, -0.05) is 27.7 Å². The number of carbonyl (C=O) groups excluding carboxylic acids is 1. The molecule has 0 N–H and O–H groups in total. The van der Waals surface area contributed by atoms with Crippen molar-refractivity contribution in [3.8, 4) is 0 Å². The lowest BCUT2D eigenvalue weighted by atomic mass is 9.61. The third-order valence-electron chi connectivity index (χ3n) is 3.72. The maximum Gasteiger partial charge on any atom is 0.227 e. The zero-order valence-electron chi connectivity index (χ0n) is 8.98. The predicted octanol–water partition coefficient (Wildman–Crippen LogP) is 3.60. The van der Waals surface area contributed by atoms with E-state index in [9.17, 15) is 4.79 Å². The van der Waals surface area contributed by atoms with Gasteiger partial charge in [-0.2, -0.15) is 0 Å². The van der Waals surface area contributed by atoms with Gasteiger partial charge >= 0.3 is 0 Å². The van der Waals surface area contributed by atoms with Crippen molar-refractivity contribution >= 4 is 16.8 Å². The Morgan fingerprint density at radius 3 is 2.23 bits per heavy atom. The summed E-state index contributed by atoms with van der Waals surface area (Å²) in [6.07, 6.45) is 3.14. The molecular weight excluding hydrogens is 184 g/mol. The van der Waals surface area contributed by atoms with E-state index in [2.05, 4.69) is 20.8 Å². The lowest BCUT2D eigenvalue weighted by Crippen LogP contribution is -2.40. The summed E-state index contributed by atoms with van der Waals surface area (Å²) in [7, 11) is 0. The molecule has 0 aromatic heterocycles. The van der Waals surface area contributed by atoms with E-state index >= 15 is 0 Å². The van der Waals surface area contributed by atoms with Gasteiger partial charge in [-0.3, -0.25) is 4.79 Å². The third-order valence-corrected chi connectivity index (χ3v) is 4.15. The van der Waals surface area contributed by atoms with Gasteiger partial charge in [0.05, 0.1) is 0 Å². The average molecular weight is 203 g/mol. The first kappa shape index (κ1) is 11.0. The van der Waals surface area contributed by atoms with Crippen LogP contribution >= 0.6 is 11.6 Å². The standard InChI is InChI=1S/C11H19ClO/c1-8-7-10(2,3)5-6-11(8,4)9(12)13/h8H,5-7H2,1-4H3. The number of halogens is 1. The van der Waals surface area contributed by atoms with E-state index in [0.717, 1.165) is 19.3 Å². The smallest absolute Gasteiger partial charge is 0.227 e. The molecule has 1 aliphatic rings. The number of hydrogen-bond acceptors (Lipinski definition) is 1. The normalized spacial score (nSPS) is 38.7. The minimum atomic E-state index is -0.281. The van der Waals surface area contributed by atoms with Gasteiger partial charge in [-0.15, -0.1) is 0 Å². The van der Waals surface area contributed by atoms with E-state index in [1.807, 2.05) is 6.92 Å². The SMILES string of the molecule is CC1CC(C)(C)CCC1(C)C(=O)Cl. The molecule has 0 aliphatic heterocycles. The molecule has 2 unspecified atom stereocenters. The van der Waals surface area contributed by atoms with Crippen LogP contribution in [0.15, 0.2) is 0 Å². The molecule has 0 heterocycles. The molecule has 1 saturated carbocycles. The molecule has 0 saturated heterocycles. The van der Waals surface area contributed by atoms with Crippen molar-refractivity contribution in [2.75, 3.05) is 0 Å². The molecule has 13 heavy (non-hydrogen) atoms. The molecule has 0 radical (unpaired) electrons. The van der Waals surface area contributed by atoms with Crippen LogP contribution in [0.25, 0.3) is 0 Å². The van der Waals surface area contributed by atoms with Gasteiger partial charge < -0.3 is 0 Å². The van der Waals surface area contributed by atoms with Crippen molar-refractivity contribution in [2.45, 2.75) is 47.0 Å². The molecule has 1 aliphatic carbocycles. The Hall–Kier alpha value is -0.0400. The largest absolute Gasteiger partial charge is 0.281 e. The molecule has 76 valence electrons. The number of carbonyl (C=O) groups is 1. The summed E-state index contributed by atoms with van der Waals surface area (Å²) in [6.45, 7) is 8.67. The molecule has 1 fully saturated rings. The van der Waals surface area contributed by atoms with E-state index < -0.39 is 0 Å². The van der Waals surface area contributed by atoms with E-state index in [1.165, 1.54) is 0 Å². The van der Waals surface area contributed by atoms with Gasteiger partial charge in [0.1, 0.15) is 0 Å². The highest BCUT2D eigenvalue weighted by Crippen LogP contribution is 2.49. The van der Waals surface area contributed by atoms with Gasteiger partial charge in [0, 0.05) is 5.41 Å². The lowest BCUT2D eigenvalue weighted by Gasteiger charge is -2.44. The first-order chi connectivity index (χ1) is 5.78. The van der Waals surface area contributed by atoms with Crippen LogP contribution in [0.1, 0.15) is 47.0 Å². The van der Waals surface area contributed by atoms with Crippen LogP contribution in [0, 0.1) is 16.7 Å². The van der Waals surface area contributed by atoms with E-state index in [0.29, 0.717) is 11.3 Å². The summed E-state index contributed by atoms with van der Waals surface area (Å²) in [6, 6.07) is 0. The Morgan fingerprint density at radius 1 is 1.31 bits per heavy atom. The number of rotatable bonds is 1. The van der Waals surface area contributed by atoms with Crippen molar-refractivity contribution in [2.24, 2.45) is 16.7 Å². The van der Waals surface area contributed by atoms with E-state index in [4.69, 9.17) is 11.6 Å². The topological polar surface area (TPSA) is 17.1 Å². The monoisotopic (exact) mass is 202 g/mol. The molecule has 2 heteroatoms. The third kappa shape index (κ3) is 2.07. The molecule has 0 aromatic rings. The van der Waals surface area contributed by atoms with Crippen LogP contribution in [0.2, 0.25) is 0 Å². The molecule has 0 spiro atoms. The maximum atomic E-state index is 11.3. The van der Waals surface area contributed by atoms with Crippen molar-refractivity contribution < 1.29 is 4.79 Å². The zero-order chi connectivity index (χ0) is 10.3. The van der Waals surface area contributed by atoms with E-state index in [1.54, 1.807) is 0 Å². The highest BCUT2D eigenvalue weighted by atomic mass is 35.5. The van der Waals surface area contributed by atoms with Gasteiger partial charge in [0.25, 0.3) is 0 Å². The Balaban J connectivity index is 2.79. The predicted molar refractivity (Wildman–Crippen MR) is 55.8 cm³/mol. The Labute approximate surface area is 85.8 Å². The summed E-state index contributed by atoms with van der Waals surface area (Å²) in [5, 5.41) is -0.157. The van der Waals surface area contributed by atoms with Gasteiger partial charge in [0.15, 0.2) is 0 Å². The van der Waals surface area contributed by atoms with Crippen molar-refractivity contribution in [1.29, 1.82) is 0 Å². The minimum absolute atomic E-state index is 0.157. The second-order valence-corrected chi connectivity index (χ2v) is 5.80. The maximum absolute atomic E-state index is 11.3. The molecule has 2 atom stereocenters. The van der Waals surface area contributed by atoms with Crippen LogP contribution in [0.3, 0.4) is 0 Å². The molecule has 0 aromatic carbocycles. The fourth-order valence-electron chi connectivity index (χ4n) is 2.29. The summed E-state index contributed by atoms with van der Waals surface area (Å²) < 4.78 is 0.